The summed E-state index contributed by atoms with van der Waals surface area (Å²) in [6.07, 6.45) is 10.0. The molecule has 3 saturated carbocycles. The van der Waals surface area contributed by atoms with E-state index in [1.807, 2.05) is 0 Å². The summed E-state index contributed by atoms with van der Waals surface area (Å²) in [5.74, 6) is 1.21. The molecule has 0 bridgehead atoms. The van der Waals surface area contributed by atoms with Gasteiger partial charge in [-0.05, 0) is 79.8 Å². The first kappa shape index (κ1) is 25.4. The maximum atomic E-state index is 12.5. The van der Waals surface area contributed by atoms with E-state index in [1.165, 1.54) is 12.5 Å². The fourth-order valence-electron chi connectivity index (χ4n) is 6.73. The maximum absolute atomic E-state index is 12.5. The fraction of sp³-hybridized carbons (Fsp3) is 0.741. The van der Waals surface area contributed by atoms with Crippen molar-refractivity contribution < 1.29 is 25.2 Å². The molecule has 0 saturated heterocycles. The van der Waals surface area contributed by atoms with Crippen LogP contribution in [-0.2, 0) is 4.79 Å². The standard InChI is InChI=1S/C27H42O5/c1-17(12-22(30)15-26(3,32)16-28)23-9-10-24-19(6-5-11-27(23,24)4)7-8-20-13-21(29)14-25(31)18(20)2/h7-8,17,21,23-25,28-29,31-32H,2,5-6,9-16H2,1,3-4H3/b19-7+,20-8-/t17-,21-,23-,24+,25?,26?,27-/m1/s1. The molecule has 0 aromatic rings. The van der Waals surface area contributed by atoms with Crippen molar-refractivity contribution in [3.8, 4) is 0 Å². The summed E-state index contributed by atoms with van der Waals surface area (Å²) in [6, 6.07) is 0. The number of aliphatic hydroxyl groups excluding tert-OH is 3. The van der Waals surface area contributed by atoms with Gasteiger partial charge in [0.2, 0.25) is 0 Å². The van der Waals surface area contributed by atoms with E-state index < -0.39 is 24.4 Å². The first-order valence-corrected chi connectivity index (χ1v) is 12.3. The van der Waals surface area contributed by atoms with E-state index in [2.05, 4.69) is 32.6 Å². The van der Waals surface area contributed by atoms with Crippen LogP contribution in [0.25, 0.3) is 0 Å². The zero-order valence-electron chi connectivity index (χ0n) is 20.0. The van der Waals surface area contributed by atoms with Crippen molar-refractivity contribution in [2.24, 2.45) is 23.2 Å². The van der Waals surface area contributed by atoms with Gasteiger partial charge >= 0.3 is 0 Å². The first-order valence-electron chi connectivity index (χ1n) is 12.3. The number of aliphatic hydroxyl groups is 4. The van der Waals surface area contributed by atoms with Crippen LogP contribution in [0.5, 0.6) is 0 Å². The second kappa shape index (κ2) is 9.92. The van der Waals surface area contributed by atoms with Crippen molar-refractivity contribution in [2.45, 2.75) is 96.4 Å². The maximum Gasteiger partial charge on any atom is 0.136 e. The van der Waals surface area contributed by atoms with Crippen LogP contribution < -0.4 is 0 Å². The van der Waals surface area contributed by atoms with E-state index in [0.717, 1.165) is 43.3 Å². The third kappa shape index (κ3) is 5.44. The van der Waals surface area contributed by atoms with Crippen molar-refractivity contribution in [3.05, 3.63) is 35.5 Å². The highest BCUT2D eigenvalue weighted by atomic mass is 16.3. The Bertz CT molecular complexity index is 779. The minimum Gasteiger partial charge on any atom is -0.393 e. The van der Waals surface area contributed by atoms with Crippen LogP contribution >= 0.6 is 0 Å². The van der Waals surface area contributed by atoms with Gasteiger partial charge in [-0.2, -0.15) is 0 Å². The van der Waals surface area contributed by atoms with Crippen molar-refractivity contribution in [3.63, 3.8) is 0 Å². The van der Waals surface area contributed by atoms with Gasteiger partial charge in [0.1, 0.15) is 5.78 Å². The van der Waals surface area contributed by atoms with E-state index in [4.69, 9.17) is 0 Å². The Morgan fingerprint density at radius 2 is 2.03 bits per heavy atom. The summed E-state index contributed by atoms with van der Waals surface area (Å²) in [5, 5.41) is 39.5. The molecule has 0 aromatic carbocycles. The van der Waals surface area contributed by atoms with E-state index in [0.29, 0.717) is 31.1 Å². The number of rotatable bonds is 7. The summed E-state index contributed by atoms with van der Waals surface area (Å²) < 4.78 is 0. The van der Waals surface area contributed by atoms with Crippen LogP contribution in [0.4, 0.5) is 0 Å². The molecular formula is C27H42O5. The van der Waals surface area contributed by atoms with Gasteiger partial charge in [-0.25, -0.2) is 0 Å². The van der Waals surface area contributed by atoms with Gasteiger partial charge in [0, 0.05) is 19.3 Å². The largest absolute Gasteiger partial charge is 0.393 e. The molecule has 3 fully saturated rings. The summed E-state index contributed by atoms with van der Waals surface area (Å²) in [4.78, 5) is 12.5. The molecule has 5 heteroatoms. The van der Waals surface area contributed by atoms with Crippen LogP contribution in [0, 0.1) is 23.2 Å². The lowest BCUT2D eigenvalue weighted by atomic mass is 9.60. The van der Waals surface area contributed by atoms with E-state index in [1.54, 1.807) is 0 Å². The third-order valence-corrected chi connectivity index (χ3v) is 8.46. The SMILES string of the molecule is C=C1/C(=C\C=C2/CCC[C@]3(C)[C@@H]([C@H](C)CC(=O)CC(C)(O)CO)CC[C@@H]23)C[C@@H](O)CC1O. The molecule has 3 rings (SSSR count). The second-order valence-electron chi connectivity index (χ2n) is 11.2. The topological polar surface area (TPSA) is 98.0 Å². The molecule has 0 spiro atoms. The van der Waals surface area contributed by atoms with Gasteiger partial charge in [0.25, 0.3) is 0 Å². The highest BCUT2D eigenvalue weighted by molar-refractivity contribution is 5.79. The minimum absolute atomic E-state index is 0.00101. The van der Waals surface area contributed by atoms with Crippen LogP contribution in [0.1, 0.15) is 78.6 Å². The monoisotopic (exact) mass is 446 g/mol. The molecule has 2 unspecified atom stereocenters. The van der Waals surface area contributed by atoms with Gasteiger partial charge in [-0.1, -0.05) is 38.2 Å². The molecular weight excluding hydrogens is 404 g/mol. The Balaban J connectivity index is 1.72. The zero-order valence-corrected chi connectivity index (χ0v) is 20.0. The number of fused-ring (bicyclic) bond motifs is 1. The number of allylic oxidation sites excluding steroid dienone is 3. The number of hydrogen-bond donors (Lipinski definition) is 4. The average Bonchev–Trinajstić information content (AvgIpc) is 3.06. The molecule has 3 aliphatic rings. The molecule has 5 nitrogen and oxygen atoms in total. The van der Waals surface area contributed by atoms with Gasteiger partial charge in [0.15, 0.2) is 0 Å². The lowest BCUT2D eigenvalue weighted by Crippen LogP contribution is -2.37. The first-order chi connectivity index (χ1) is 15.0. The Morgan fingerprint density at radius 1 is 1.31 bits per heavy atom. The van der Waals surface area contributed by atoms with Crippen molar-refractivity contribution in [1.82, 2.24) is 0 Å². The smallest absolute Gasteiger partial charge is 0.136 e. The average molecular weight is 447 g/mol. The second-order valence-corrected chi connectivity index (χ2v) is 11.2. The summed E-state index contributed by atoms with van der Waals surface area (Å²) in [6.45, 7) is 9.68. The molecule has 0 radical (unpaired) electrons. The Morgan fingerprint density at radius 3 is 2.72 bits per heavy atom. The lowest BCUT2D eigenvalue weighted by molar-refractivity contribution is -0.126. The Labute approximate surface area is 192 Å². The van der Waals surface area contributed by atoms with Crippen LogP contribution in [-0.4, -0.2) is 50.6 Å². The quantitative estimate of drug-likeness (QED) is 0.476. The van der Waals surface area contributed by atoms with Gasteiger partial charge in [-0.15, -0.1) is 0 Å². The van der Waals surface area contributed by atoms with Crippen molar-refractivity contribution in [2.75, 3.05) is 6.61 Å². The third-order valence-electron chi connectivity index (χ3n) is 8.46. The molecule has 0 heterocycles. The van der Waals surface area contributed by atoms with E-state index >= 15 is 0 Å². The zero-order chi connectivity index (χ0) is 23.7. The van der Waals surface area contributed by atoms with Crippen LogP contribution in [0.15, 0.2) is 35.5 Å². The van der Waals surface area contributed by atoms with Crippen molar-refractivity contribution >= 4 is 5.78 Å². The predicted molar refractivity (Wildman–Crippen MR) is 126 cm³/mol. The predicted octanol–water partition coefficient (Wildman–Crippen LogP) is 3.86. The van der Waals surface area contributed by atoms with E-state index in [-0.39, 0.29) is 23.5 Å². The molecule has 0 aliphatic heterocycles. The van der Waals surface area contributed by atoms with Crippen molar-refractivity contribution in [1.29, 1.82) is 0 Å². The number of carbonyl (C=O) groups excluding carboxylic acids is 1. The number of carbonyl (C=O) groups is 1. The minimum atomic E-state index is -1.34. The lowest BCUT2D eigenvalue weighted by Gasteiger charge is -2.44. The molecule has 4 N–H and O–H groups in total. The normalized spacial score (nSPS) is 38.5. The molecule has 32 heavy (non-hydrogen) atoms. The molecule has 7 atom stereocenters. The van der Waals surface area contributed by atoms with Crippen LogP contribution in [0.3, 0.4) is 0 Å². The van der Waals surface area contributed by atoms with Gasteiger partial charge in [0.05, 0.1) is 24.4 Å². The van der Waals surface area contributed by atoms with Crippen LogP contribution in [0.2, 0.25) is 0 Å². The van der Waals surface area contributed by atoms with E-state index in [9.17, 15) is 25.2 Å². The Kier molecular flexibility index (Phi) is 7.86. The number of Topliss-reactive ketones (excluding diaryl/α,β-unsaturated/α-hetero) is 1. The Hall–Kier alpha value is -1.27. The molecule has 3 aliphatic carbocycles. The summed E-state index contributed by atoms with van der Waals surface area (Å²) in [7, 11) is 0. The molecule has 0 aromatic heterocycles. The number of hydrogen-bond acceptors (Lipinski definition) is 5. The molecule has 180 valence electrons. The van der Waals surface area contributed by atoms with Gasteiger partial charge < -0.3 is 20.4 Å². The summed E-state index contributed by atoms with van der Waals surface area (Å²) in [5.41, 5.74) is 1.93. The highest BCUT2D eigenvalue weighted by Crippen LogP contribution is 2.59. The summed E-state index contributed by atoms with van der Waals surface area (Å²) >= 11 is 0. The molecule has 0 amide bonds. The van der Waals surface area contributed by atoms with Gasteiger partial charge in [-0.3, -0.25) is 4.79 Å². The number of ketones is 1. The fourth-order valence-corrected chi connectivity index (χ4v) is 6.73. The highest BCUT2D eigenvalue weighted by Gasteiger charge is 2.50.